The fourth-order valence-corrected chi connectivity index (χ4v) is 4.23. The second-order valence-electron chi connectivity index (χ2n) is 8.58. The van der Waals surface area contributed by atoms with Gasteiger partial charge in [-0.1, -0.05) is 42.0 Å². The number of ether oxygens (including phenoxy) is 1. The summed E-state index contributed by atoms with van der Waals surface area (Å²) in [6.45, 7) is 5.20. The van der Waals surface area contributed by atoms with Crippen LogP contribution in [0.2, 0.25) is 0 Å². The van der Waals surface area contributed by atoms with E-state index in [-0.39, 0.29) is 24.3 Å². The Morgan fingerprint density at radius 2 is 1.71 bits per heavy atom. The van der Waals surface area contributed by atoms with Crippen LogP contribution in [0, 0.1) is 12.8 Å². The van der Waals surface area contributed by atoms with E-state index in [0.29, 0.717) is 5.92 Å². The fraction of sp³-hybridized carbons (Fsp3) is 0.462. The molecule has 166 valence electrons. The largest absolute Gasteiger partial charge is 0.497 e. The quantitative estimate of drug-likeness (QED) is 0.684. The van der Waals surface area contributed by atoms with Crippen LogP contribution in [0.25, 0.3) is 0 Å². The fourth-order valence-electron chi connectivity index (χ4n) is 4.23. The number of rotatable bonds is 8. The van der Waals surface area contributed by atoms with Gasteiger partial charge < -0.3 is 15.0 Å². The molecule has 0 aromatic heterocycles. The van der Waals surface area contributed by atoms with Crippen molar-refractivity contribution in [1.82, 2.24) is 10.2 Å². The lowest BCUT2D eigenvalue weighted by Crippen LogP contribution is -2.40. The van der Waals surface area contributed by atoms with Crippen molar-refractivity contribution >= 4 is 11.8 Å². The van der Waals surface area contributed by atoms with Gasteiger partial charge >= 0.3 is 0 Å². The molecule has 1 unspecified atom stereocenters. The minimum Gasteiger partial charge on any atom is -0.497 e. The van der Waals surface area contributed by atoms with Crippen molar-refractivity contribution in [2.75, 3.05) is 20.2 Å². The summed E-state index contributed by atoms with van der Waals surface area (Å²) >= 11 is 0. The third-order valence-corrected chi connectivity index (χ3v) is 6.20. The molecule has 5 heteroatoms. The van der Waals surface area contributed by atoms with Crippen LogP contribution in [0.5, 0.6) is 5.75 Å². The standard InChI is InChI=1S/C26H34N2O3/c1-19-4-6-21(7-5-19)8-9-22-14-16-28(17-15-22)26(30)18-25(27-20(2)29)23-10-12-24(31-3)13-11-23/h4-7,10-13,22,25H,8-9,14-18H2,1-3H3,(H,27,29). The Morgan fingerprint density at radius 3 is 2.29 bits per heavy atom. The van der Waals surface area contributed by atoms with E-state index in [1.807, 2.05) is 29.2 Å². The Labute approximate surface area is 185 Å². The first-order chi connectivity index (χ1) is 14.9. The molecule has 1 aliphatic rings. The molecule has 2 aromatic carbocycles. The van der Waals surface area contributed by atoms with Gasteiger partial charge in [0.15, 0.2) is 0 Å². The van der Waals surface area contributed by atoms with Crippen molar-refractivity contribution < 1.29 is 14.3 Å². The van der Waals surface area contributed by atoms with E-state index < -0.39 is 0 Å². The molecule has 0 radical (unpaired) electrons. The van der Waals surface area contributed by atoms with E-state index in [9.17, 15) is 9.59 Å². The lowest BCUT2D eigenvalue weighted by Gasteiger charge is -2.33. The van der Waals surface area contributed by atoms with Crippen LogP contribution in [0.1, 0.15) is 55.3 Å². The molecule has 1 N–H and O–H groups in total. The SMILES string of the molecule is COc1ccc(C(CC(=O)N2CCC(CCc3ccc(C)cc3)CC2)NC(C)=O)cc1. The van der Waals surface area contributed by atoms with Crippen LogP contribution in [-0.2, 0) is 16.0 Å². The average Bonchev–Trinajstić information content (AvgIpc) is 2.78. The summed E-state index contributed by atoms with van der Waals surface area (Å²) in [6, 6.07) is 16.0. The van der Waals surface area contributed by atoms with Crippen molar-refractivity contribution in [1.29, 1.82) is 0 Å². The maximum absolute atomic E-state index is 13.0. The first kappa shape index (κ1) is 22.9. The summed E-state index contributed by atoms with van der Waals surface area (Å²) < 4.78 is 5.21. The zero-order chi connectivity index (χ0) is 22.2. The van der Waals surface area contributed by atoms with Gasteiger partial charge in [-0.25, -0.2) is 0 Å². The number of hydrogen-bond acceptors (Lipinski definition) is 3. The summed E-state index contributed by atoms with van der Waals surface area (Å²) in [6.07, 6.45) is 4.64. The second kappa shape index (κ2) is 11.0. The van der Waals surface area contributed by atoms with Crippen LogP contribution >= 0.6 is 0 Å². The molecule has 0 aliphatic carbocycles. The van der Waals surface area contributed by atoms with Crippen LogP contribution in [-0.4, -0.2) is 36.9 Å². The van der Waals surface area contributed by atoms with E-state index in [2.05, 4.69) is 36.5 Å². The van der Waals surface area contributed by atoms with Crippen molar-refractivity contribution in [2.45, 2.75) is 52.0 Å². The predicted molar refractivity (Wildman–Crippen MR) is 123 cm³/mol. The van der Waals surface area contributed by atoms with Gasteiger partial charge in [-0.3, -0.25) is 9.59 Å². The molecule has 1 fully saturated rings. The Balaban J connectivity index is 1.50. The van der Waals surface area contributed by atoms with Gasteiger partial charge in [-0.15, -0.1) is 0 Å². The first-order valence-electron chi connectivity index (χ1n) is 11.2. The number of nitrogens with one attached hydrogen (secondary N) is 1. The van der Waals surface area contributed by atoms with Crippen molar-refractivity contribution in [3.05, 3.63) is 65.2 Å². The third-order valence-electron chi connectivity index (χ3n) is 6.20. The van der Waals surface area contributed by atoms with Crippen molar-refractivity contribution in [3.8, 4) is 5.75 Å². The van der Waals surface area contributed by atoms with Gasteiger partial charge in [-0.2, -0.15) is 0 Å². The van der Waals surface area contributed by atoms with E-state index >= 15 is 0 Å². The monoisotopic (exact) mass is 422 g/mol. The third kappa shape index (κ3) is 6.84. The molecule has 3 rings (SSSR count). The minimum atomic E-state index is -0.324. The highest BCUT2D eigenvalue weighted by atomic mass is 16.5. The smallest absolute Gasteiger partial charge is 0.224 e. The molecule has 2 aromatic rings. The molecule has 0 bridgehead atoms. The lowest BCUT2D eigenvalue weighted by atomic mass is 9.90. The van der Waals surface area contributed by atoms with E-state index in [4.69, 9.17) is 4.74 Å². The summed E-state index contributed by atoms with van der Waals surface area (Å²) in [5.74, 6) is 1.39. The minimum absolute atomic E-state index is 0.103. The molecule has 1 aliphatic heterocycles. The molecular formula is C26H34N2O3. The number of amides is 2. The molecule has 1 heterocycles. The van der Waals surface area contributed by atoms with Gasteiger partial charge in [0.2, 0.25) is 11.8 Å². The predicted octanol–water partition coefficient (Wildman–Crippen LogP) is 4.44. The van der Waals surface area contributed by atoms with Gasteiger partial charge in [0.25, 0.3) is 0 Å². The molecule has 0 saturated carbocycles. The van der Waals surface area contributed by atoms with Crippen LogP contribution in [0.4, 0.5) is 0 Å². The number of piperidine rings is 1. The Kier molecular flexibility index (Phi) is 8.10. The highest BCUT2D eigenvalue weighted by molar-refractivity contribution is 5.79. The summed E-state index contributed by atoms with van der Waals surface area (Å²) in [5, 5.41) is 2.93. The summed E-state index contributed by atoms with van der Waals surface area (Å²) in [5.41, 5.74) is 3.60. The summed E-state index contributed by atoms with van der Waals surface area (Å²) in [4.78, 5) is 26.6. The Morgan fingerprint density at radius 1 is 1.06 bits per heavy atom. The van der Waals surface area contributed by atoms with Gasteiger partial charge in [0, 0.05) is 20.0 Å². The van der Waals surface area contributed by atoms with Crippen LogP contribution in [0.3, 0.4) is 0 Å². The Bertz CT molecular complexity index is 853. The number of nitrogens with zero attached hydrogens (tertiary/aromatic N) is 1. The molecular weight excluding hydrogens is 388 g/mol. The Hall–Kier alpha value is -2.82. The topological polar surface area (TPSA) is 58.6 Å². The summed E-state index contributed by atoms with van der Waals surface area (Å²) in [7, 11) is 1.62. The first-order valence-corrected chi connectivity index (χ1v) is 11.2. The molecule has 1 atom stereocenters. The van der Waals surface area contributed by atoms with E-state index in [0.717, 1.165) is 43.7 Å². The maximum atomic E-state index is 13.0. The molecule has 1 saturated heterocycles. The van der Waals surface area contributed by atoms with Gasteiger partial charge in [-0.05, 0) is 61.8 Å². The second-order valence-corrected chi connectivity index (χ2v) is 8.58. The highest BCUT2D eigenvalue weighted by Crippen LogP contribution is 2.26. The van der Waals surface area contributed by atoms with Gasteiger partial charge in [0.1, 0.15) is 5.75 Å². The molecule has 0 spiro atoms. The number of carbonyl (C=O) groups is 2. The number of methoxy groups -OCH3 is 1. The number of likely N-dealkylation sites (tertiary alicyclic amines) is 1. The van der Waals surface area contributed by atoms with E-state index in [1.54, 1.807) is 7.11 Å². The number of aryl methyl sites for hydroxylation is 2. The molecule has 31 heavy (non-hydrogen) atoms. The zero-order valence-corrected chi connectivity index (χ0v) is 18.9. The number of benzene rings is 2. The lowest BCUT2D eigenvalue weighted by molar-refractivity contribution is -0.133. The van der Waals surface area contributed by atoms with Gasteiger partial charge in [0.05, 0.1) is 19.6 Å². The van der Waals surface area contributed by atoms with Crippen molar-refractivity contribution in [2.24, 2.45) is 5.92 Å². The van der Waals surface area contributed by atoms with E-state index in [1.165, 1.54) is 24.5 Å². The number of carbonyl (C=O) groups excluding carboxylic acids is 2. The number of hydrogen-bond donors (Lipinski definition) is 1. The average molecular weight is 423 g/mol. The van der Waals surface area contributed by atoms with Crippen LogP contribution < -0.4 is 10.1 Å². The normalized spacial score (nSPS) is 15.4. The molecule has 2 amide bonds. The van der Waals surface area contributed by atoms with Crippen LogP contribution in [0.15, 0.2) is 48.5 Å². The van der Waals surface area contributed by atoms with Crippen molar-refractivity contribution in [3.63, 3.8) is 0 Å². The molecule has 5 nitrogen and oxygen atoms in total. The zero-order valence-electron chi connectivity index (χ0n) is 18.9. The maximum Gasteiger partial charge on any atom is 0.224 e. The highest BCUT2D eigenvalue weighted by Gasteiger charge is 2.25.